The monoisotopic (exact) mass is 391 g/mol. The smallest absolute Gasteiger partial charge is 0.245 e. The summed E-state index contributed by atoms with van der Waals surface area (Å²) in [4.78, 5) is 8.70. The van der Waals surface area contributed by atoms with Crippen molar-refractivity contribution in [3.05, 3.63) is 59.7 Å². The van der Waals surface area contributed by atoms with E-state index in [1.54, 1.807) is 12.1 Å². The van der Waals surface area contributed by atoms with Crippen LogP contribution in [-0.2, 0) is 6.54 Å². The largest absolute Gasteiger partial charge is 0.507 e. The first-order valence-corrected chi connectivity index (χ1v) is 8.67. The topological polar surface area (TPSA) is 131 Å². The highest BCUT2D eigenvalue weighted by Crippen LogP contribution is 2.23. The number of hydrogen-bond acceptors (Lipinski definition) is 10. The Bertz CT molecular complexity index is 1150. The van der Waals surface area contributed by atoms with Crippen molar-refractivity contribution >= 4 is 29.1 Å². The van der Waals surface area contributed by atoms with Crippen molar-refractivity contribution in [3.63, 3.8) is 0 Å². The lowest BCUT2D eigenvalue weighted by Crippen LogP contribution is -2.07. The number of fused-ring (bicyclic) bond motifs is 1. The zero-order chi connectivity index (χ0) is 20.1. The molecule has 4 rings (SSSR count). The normalized spacial score (nSPS) is 11.1. The molecular weight excluding hydrogens is 374 g/mol. The van der Waals surface area contributed by atoms with E-state index in [1.807, 2.05) is 30.3 Å². The standard InChI is InChI=1S/C19H17N7O3/c1-28-14-8-7-13(15(27)9-14)11-21-24-17-16(20-10-12-5-3-2-4-6-12)22-18-19(23-17)26-29-25-18/h2-9,11,27H,10H2,1H3,(H,20,22,25)(H,23,24,26)/b21-11+. The van der Waals surface area contributed by atoms with Gasteiger partial charge in [0.05, 0.1) is 13.3 Å². The van der Waals surface area contributed by atoms with Crippen molar-refractivity contribution in [2.75, 3.05) is 17.9 Å². The van der Waals surface area contributed by atoms with Crippen LogP contribution in [0.25, 0.3) is 11.3 Å². The van der Waals surface area contributed by atoms with Crippen LogP contribution >= 0.6 is 0 Å². The summed E-state index contributed by atoms with van der Waals surface area (Å²) < 4.78 is 9.75. The predicted molar refractivity (Wildman–Crippen MR) is 107 cm³/mol. The molecule has 4 aromatic rings. The molecule has 0 unspecified atom stereocenters. The maximum atomic E-state index is 10.0. The van der Waals surface area contributed by atoms with Crippen LogP contribution in [0.4, 0.5) is 11.6 Å². The van der Waals surface area contributed by atoms with Crippen LogP contribution < -0.4 is 15.5 Å². The highest BCUT2D eigenvalue weighted by molar-refractivity contribution is 5.84. The van der Waals surface area contributed by atoms with E-state index < -0.39 is 0 Å². The Labute approximate surface area is 165 Å². The van der Waals surface area contributed by atoms with Gasteiger partial charge in [0.2, 0.25) is 11.3 Å². The Morgan fingerprint density at radius 1 is 1.07 bits per heavy atom. The molecule has 2 aromatic heterocycles. The summed E-state index contributed by atoms with van der Waals surface area (Å²) in [6.07, 6.45) is 1.46. The molecule has 0 spiro atoms. The van der Waals surface area contributed by atoms with E-state index in [0.29, 0.717) is 29.5 Å². The van der Waals surface area contributed by atoms with Gasteiger partial charge in [0, 0.05) is 18.2 Å². The lowest BCUT2D eigenvalue weighted by Gasteiger charge is -2.09. The molecule has 0 saturated heterocycles. The minimum absolute atomic E-state index is 0.0413. The van der Waals surface area contributed by atoms with Crippen LogP contribution in [0.5, 0.6) is 11.5 Å². The molecule has 0 fully saturated rings. The Hall–Kier alpha value is -4.21. The summed E-state index contributed by atoms with van der Waals surface area (Å²) in [5.74, 6) is 1.37. The minimum Gasteiger partial charge on any atom is -0.507 e. The van der Waals surface area contributed by atoms with Gasteiger partial charge in [-0.15, -0.1) is 0 Å². The molecule has 0 radical (unpaired) electrons. The second-order valence-electron chi connectivity index (χ2n) is 5.97. The van der Waals surface area contributed by atoms with Crippen molar-refractivity contribution in [1.82, 2.24) is 20.3 Å². The Balaban J connectivity index is 1.55. The predicted octanol–water partition coefficient (Wildman–Crippen LogP) is 2.79. The molecule has 3 N–H and O–H groups in total. The van der Waals surface area contributed by atoms with Gasteiger partial charge in [0.1, 0.15) is 11.5 Å². The van der Waals surface area contributed by atoms with Crippen LogP contribution in [0.1, 0.15) is 11.1 Å². The second kappa shape index (κ2) is 8.21. The Kier molecular flexibility index (Phi) is 5.14. The van der Waals surface area contributed by atoms with Gasteiger partial charge in [-0.2, -0.15) is 10.1 Å². The summed E-state index contributed by atoms with van der Waals surface area (Å²) in [5, 5.41) is 24.8. The van der Waals surface area contributed by atoms with Crippen molar-refractivity contribution in [2.24, 2.45) is 5.10 Å². The fourth-order valence-electron chi connectivity index (χ4n) is 2.54. The van der Waals surface area contributed by atoms with Crippen molar-refractivity contribution in [3.8, 4) is 11.5 Å². The van der Waals surface area contributed by atoms with Gasteiger partial charge in [-0.25, -0.2) is 9.61 Å². The van der Waals surface area contributed by atoms with E-state index >= 15 is 0 Å². The fraction of sp³-hybridized carbons (Fsp3) is 0.105. The van der Waals surface area contributed by atoms with Gasteiger partial charge in [0.15, 0.2) is 11.6 Å². The molecule has 0 amide bonds. The van der Waals surface area contributed by atoms with Gasteiger partial charge in [-0.05, 0) is 28.0 Å². The van der Waals surface area contributed by atoms with Crippen LogP contribution in [0.3, 0.4) is 0 Å². The quantitative estimate of drug-likeness (QED) is 0.321. The molecule has 146 valence electrons. The Morgan fingerprint density at radius 3 is 2.55 bits per heavy atom. The number of hydrogen-bond donors (Lipinski definition) is 3. The lowest BCUT2D eigenvalue weighted by atomic mass is 10.2. The number of hydrazone groups is 1. The summed E-state index contributed by atoms with van der Waals surface area (Å²) in [7, 11) is 1.53. The molecule has 10 nitrogen and oxygen atoms in total. The maximum Gasteiger partial charge on any atom is 0.245 e. The van der Waals surface area contributed by atoms with Crippen molar-refractivity contribution < 1.29 is 14.5 Å². The molecule has 2 heterocycles. The Morgan fingerprint density at radius 2 is 1.83 bits per heavy atom. The molecule has 0 aliphatic rings. The molecule has 0 aliphatic carbocycles. The highest BCUT2D eigenvalue weighted by atomic mass is 16.6. The summed E-state index contributed by atoms with van der Waals surface area (Å²) in [6.45, 7) is 0.532. The number of nitrogens with one attached hydrogen (secondary N) is 2. The number of aromatic nitrogens is 4. The number of anilines is 2. The molecular formula is C19H17N7O3. The molecule has 0 aliphatic heterocycles. The second-order valence-corrected chi connectivity index (χ2v) is 5.97. The number of aromatic hydroxyl groups is 1. The van der Waals surface area contributed by atoms with Gasteiger partial charge in [-0.1, -0.05) is 30.3 Å². The summed E-state index contributed by atoms with van der Waals surface area (Å²) in [5.41, 5.74) is 4.93. The molecule has 29 heavy (non-hydrogen) atoms. The molecule has 0 atom stereocenters. The molecule has 0 saturated carbocycles. The van der Waals surface area contributed by atoms with Crippen LogP contribution in [0, 0.1) is 0 Å². The number of ether oxygens (including phenoxy) is 1. The SMILES string of the molecule is COc1ccc(/C=N/Nc2nc3nonc3nc2NCc2ccccc2)c(O)c1. The number of methoxy groups -OCH3 is 1. The molecule has 10 heteroatoms. The third kappa shape index (κ3) is 4.21. The summed E-state index contributed by atoms with van der Waals surface area (Å²) >= 11 is 0. The third-order valence-corrected chi connectivity index (χ3v) is 4.03. The van der Waals surface area contributed by atoms with Gasteiger partial charge in [-0.3, -0.25) is 5.43 Å². The average Bonchev–Trinajstić information content (AvgIpc) is 3.21. The number of nitrogens with zero attached hydrogens (tertiary/aromatic N) is 5. The first kappa shape index (κ1) is 18.2. The van der Waals surface area contributed by atoms with E-state index in [1.165, 1.54) is 19.4 Å². The first-order chi connectivity index (χ1) is 14.2. The van der Waals surface area contributed by atoms with E-state index in [0.717, 1.165) is 5.56 Å². The van der Waals surface area contributed by atoms with E-state index in [2.05, 4.69) is 40.8 Å². The number of rotatable bonds is 7. The van der Waals surface area contributed by atoms with Gasteiger partial charge in [0.25, 0.3) is 0 Å². The van der Waals surface area contributed by atoms with Crippen molar-refractivity contribution in [2.45, 2.75) is 6.54 Å². The van der Waals surface area contributed by atoms with Crippen LogP contribution in [0.15, 0.2) is 58.3 Å². The molecule has 0 bridgehead atoms. The minimum atomic E-state index is 0.0413. The van der Waals surface area contributed by atoms with E-state index in [4.69, 9.17) is 4.74 Å². The van der Waals surface area contributed by atoms with E-state index in [-0.39, 0.29) is 17.0 Å². The third-order valence-electron chi connectivity index (χ3n) is 4.03. The maximum absolute atomic E-state index is 10.0. The zero-order valence-electron chi connectivity index (χ0n) is 15.4. The van der Waals surface area contributed by atoms with Gasteiger partial charge >= 0.3 is 0 Å². The number of phenols is 1. The summed E-state index contributed by atoms with van der Waals surface area (Å²) in [6, 6.07) is 14.8. The van der Waals surface area contributed by atoms with Crippen LogP contribution in [-0.4, -0.2) is 38.7 Å². The molecule has 2 aromatic carbocycles. The average molecular weight is 391 g/mol. The van der Waals surface area contributed by atoms with Crippen molar-refractivity contribution in [1.29, 1.82) is 0 Å². The number of phenolic OH excluding ortho intramolecular Hbond substituents is 1. The van der Waals surface area contributed by atoms with Crippen LogP contribution in [0.2, 0.25) is 0 Å². The number of benzene rings is 2. The zero-order valence-corrected chi connectivity index (χ0v) is 15.4. The first-order valence-electron chi connectivity index (χ1n) is 8.67. The van der Waals surface area contributed by atoms with E-state index in [9.17, 15) is 5.11 Å². The van der Waals surface area contributed by atoms with Gasteiger partial charge < -0.3 is 15.2 Å². The fourth-order valence-corrected chi connectivity index (χ4v) is 2.54. The lowest BCUT2D eigenvalue weighted by molar-refractivity contribution is 0.314. The highest BCUT2D eigenvalue weighted by Gasteiger charge is 2.12.